The molecule has 2 N–H and O–H groups in total. The Labute approximate surface area is 108 Å². The van der Waals surface area contributed by atoms with Gasteiger partial charge in [-0.2, -0.15) is 13.2 Å². The van der Waals surface area contributed by atoms with E-state index in [4.69, 9.17) is 0 Å². The summed E-state index contributed by atoms with van der Waals surface area (Å²) in [6, 6.07) is 1.76. The summed E-state index contributed by atoms with van der Waals surface area (Å²) in [6.07, 6.45) is -0.981. The number of alkyl halides is 3. The molecule has 2 heterocycles. The fourth-order valence-corrected chi connectivity index (χ4v) is 1.92. The van der Waals surface area contributed by atoms with Crippen molar-refractivity contribution < 1.29 is 18.0 Å². The van der Waals surface area contributed by atoms with Gasteiger partial charge in [-0.05, 0) is 31.5 Å². The molecule has 0 aromatic carbocycles. The van der Waals surface area contributed by atoms with Crippen LogP contribution in [0.15, 0.2) is 18.3 Å². The van der Waals surface area contributed by atoms with Gasteiger partial charge in [-0.1, -0.05) is 6.42 Å². The molecular weight excluding hydrogens is 259 g/mol. The maximum absolute atomic E-state index is 12.3. The van der Waals surface area contributed by atoms with E-state index in [1.54, 1.807) is 0 Å². The first kappa shape index (κ1) is 13.8. The summed E-state index contributed by atoms with van der Waals surface area (Å²) in [6.45, 7) is 0.776. The average Bonchev–Trinajstić information content (AvgIpc) is 2.39. The standard InChI is InChI=1S/C12H14F3N3O/c13-12(14,15)8-4-5-10(17-7-8)18-11(19)9-3-1-2-6-16-9/h4-5,7,9,16H,1-3,6H2,(H,17,18,19). The van der Waals surface area contributed by atoms with E-state index >= 15 is 0 Å². The van der Waals surface area contributed by atoms with E-state index in [0.29, 0.717) is 6.20 Å². The summed E-state index contributed by atoms with van der Waals surface area (Å²) in [5.74, 6) is -0.127. The van der Waals surface area contributed by atoms with Gasteiger partial charge in [0.05, 0.1) is 11.6 Å². The molecule has 1 saturated heterocycles. The molecule has 0 spiro atoms. The molecule has 0 bridgehead atoms. The fourth-order valence-electron chi connectivity index (χ4n) is 1.92. The van der Waals surface area contributed by atoms with E-state index in [1.165, 1.54) is 0 Å². The van der Waals surface area contributed by atoms with E-state index in [9.17, 15) is 18.0 Å². The normalized spacial score (nSPS) is 20.1. The second-order valence-electron chi connectivity index (χ2n) is 4.42. The van der Waals surface area contributed by atoms with Crippen LogP contribution in [0, 0.1) is 0 Å². The Balaban J connectivity index is 1.97. The summed E-state index contributed by atoms with van der Waals surface area (Å²) < 4.78 is 37.0. The number of carbonyl (C=O) groups excluding carboxylic acids is 1. The minimum Gasteiger partial charge on any atom is -0.309 e. The average molecular weight is 273 g/mol. The van der Waals surface area contributed by atoms with Crippen LogP contribution in [0.4, 0.5) is 19.0 Å². The minimum absolute atomic E-state index is 0.130. The van der Waals surface area contributed by atoms with Gasteiger partial charge in [-0.3, -0.25) is 4.79 Å². The quantitative estimate of drug-likeness (QED) is 0.868. The lowest BCUT2D eigenvalue weighted by atomic mass is 10.0. The number of pyridine rings is 1. The highest BCUT2D eigenvalue weighted by Gasteiger charge is 2.30. The number of piperidine rings is 1. The van der Waals surface area contributed by atoms with E-state index in [2.05, 4.69) is 15.6 Å². The molecular formula is C12H14F3N3O. The molecule has 0 aliphatic carbocycles. The van der Waals surface area contributed by atoms with Gasteiger partial charge >= 0.3 is 6.18 Å². The Morgan fingerprint density at radius 1 is 1.37 bits per heavy atom. The Bertz CT molecular complexity index is 439. The number of nitrogens with zero attached hydrogens (tertiary/aromatic N) is 1. The molecule has 1 atom stereocenters. The molecule has 4 nitrogen and oxygen atoms in total. The number of amides is 1. The Morgan fingerprint density at radius 3 is 2.68 bits per heavy atom. The first-order valence-corrected chi connectivity index (χ1v) is 6.04. The molecule has 1 unspecified atom stereocenters. The molecule has 19 heavy (non-hydrogen) atoms. The Kier molecular flexibility index (Phi) is 4.04. The van der Waals surface area contributed by atoms with Crippen molar-refractivity contribution in [1.29, 1.82) is 0 Å². The van der Waals surface area contributed by atoms with Crippen molar-refractivity contribution in [3.05, 3.63) is 23.9 Å². The van der Waals surface area contributed by atoms with Gasteiger partial charge in [0, 0.05) is 6.20 Å². The van der Waals surface area contributed by atoms with Crippen LogP contribution in [-0.4, -0.2) is 23.5 Å². The third-order valence-electron chi connectivity index (χ3n) is 2.97. The minimum atomic E-state index is -4.42. The maximum Gasteiger partial charge on any atom is 0.417 e. The van der Waals surface area contributed by atoms with E-state index in [1.807, 2.05) is 0 Å². The predicted octanol–water partition coefficient (Wildman–Crippen LogP) is 2.18. The first-order chi connectivity index (χ1) is 8.97. The lowest BCUT2D eigenvalue weighted by Gasteiger charge is -2.22. The smallest absolute Gasteiger partial charge is 0.309 e. The molecule has 104 valence electrons. The molecule has 0 saturated carbocycles. The Hall–Kier alpha value is -1.63. The van der Waals surface area contributed by atoms with Crippen molar-refractivity contribution in [2.24, 2.45) is 0 Å². The van der Waals surface area contributed by atoms with Crippen molar-refractivity contribution >= 4 is 11.7 Å². The van der Waals surface area contributed by atoms with Crippen LogP contribution < -0.4 is 10.6 Å². The lowest BCUT2D eigenvalue weighted by molar-refractivity contribution is -0.137. The molecule has 2 rings (SSSR count). The fraction of sp³-hybridized carbons (Fsp3) is 0.500. The molecule has 1 fully saturated rings. The third kappa shape index (κ3) is 3.66. The monoisotopic (exact) mass is 273 g/mol. The molecule has 1 aromatic heterocycles. The van der Waals surface area contributed by atoms with Crippen molar-refractivity contribution in [2.75, 3.05) is 11.9 Å². The van der Waals surface area contributed by atoms with Gasteiger partial charge in [-0.25, -0.2) is 4.98 Å². The largest absolute Gasteiger partial charge is 0.417 e. The number of nitrogens with one attached hydrogen (secondary N) is 2. The van der Waals surface area contributed by atoms with Gasteiger partial charge in [0.15, 0.2) is 0 Å². The topological polar surface area (TPSA) is 54.0 Å². The summed E-state index contributed by atoms with van der Waals surface area (Å²) in [5.41, 5.74) is -0.832. The molecule has 1 aromatic rings. The SMILES string of the molecule is O=C(Nc1ccc(C(F)(F)F)cn1)C1CCCCN1. The van der Waals surface area contributed by atoms with Crippen molar-refractivity contribution in [1.82, 2.24) is 10.3 Å². The van der Waals surface area contributed by atoms with Crippen LogP contribution >= 0.6 is 0 Å². The maximum atomic E-state index is 12.3. The second-order valence-corrected chi connectivity index (χ2v) is 4.42. The van der Waals surface area contributed by atoms with Crippen molar-refractivity contribution in [2.45, 2.75) is 31.5 Å². The van der Waals surface area contributed by atoms with Gasteiger partial charge in [0.2, 0.25) is 5.91 Å². The highest BCUT2D eigenvalue weighted by atomic mass is 19.4. The van der Waals surface area contributed by atoms with Crippen molar-refractivity contribution in [3.8, 4) is 0 Å². The summed E-state index contributed by atoms with van der Waals surface area (Å²) in [7, 11) is 0. The number of carbonyl (C=O) groups is 1. The molecule has 1 aliphatic heterocycles. The van der Waals surface area contributed by atoms with Gasteiger partial charge < -0.3 is 10.6 Å². The van der Waals surface area contributed by atoms with Crippen molar-refractivity contribution in [3.63, 3.8) is 0 Å². The summed E-state index contributed by atoms with van der Waals surface area (Å²) in [5, 5.41) is 5.57. The number of hydrogen-bond acceptors (Lipinski definition) is 3. The van der Waals surface area contributed by atoms with Crippen LogP contribution in [0.1, 0.15) is 24.8 Å². The van der Waals surface area contributed by atoms with Crippen LogP contribution in [-0.2, 0) is 11.0 Å². The second kappa shape index (κ2) is 5.56. The van der Waals surface area contributed by atoms with Crippen LogP contribution in [0.2, 0.25) is 0 Å². The third-order valence-corrected chi connectivity index (χ3v) is 2.97. The van der Waals surface area contributed by atoms with E-state index in [-0.39, 0.29) is 17.8 Å². The molecule has 1 aliphatic rings. The van der Waals surface area contributed by atoms with Crippen LogP contribution in [0.25, 0.3) is 0 Å². The number of rotatable bonds is 2. The van der Waals surface area contributed by atoms with Gasteiger partial charge in [0.1, 0.15) is 5.82 Å². The summed E-state index contributed by atoms with van der Waals surface area (Å²) in [4.78, 5) is 15.4. The number of hydrogen-bond donors (Lipinski definition) is 2. The van der Waals surface area contributed by atoms with Gasteiger partial charge in [0.25, 0.3) is 0 Å². The number of anilines is 1. The molecule has 0 radical (unpaired) electrons. The van der Waals surface area contributed by atoms with Gasteiger partial charge in [-0.15, -0.1) is 0 Å². The molecule has 1 amide bonds. The van der Waals surface area contributed by atoms with Crippen LogP contribution in [0.5, 0.6) is 0 Å². The van der Waals surface area contributed by atoms with E-state index in [0.717, 1.165) is 37.9 Å². The molecule has 7 heteroatoms. The number of halogens is 3. The zero-order valence-electron chi connectivity index (χ0n) is 10.1. The zero-order chi connectivity index (χ0) is 13.9. The highest BCUT2D eigenvalue weighted by Crippen LogP contribution is 2.28. The van der Waals surface area contributed by atoms with Crippen LogP contribution in [0.3, 0.4) is 0 Å². The first-order valence-electron chi connectivity index (χ1n) is 6.04. The zero-order valence-corrected chi connectivity index (χ0v) is 10.1. The lowest BCUT2D eigenvalue weighted by Crippen LogP contribution is -2.43. The Morgan fingerprint density at radius 2 is 2.16 bits per heavy atom. The highest BCUT2D eigenvalue weighted by molar-refractivity contribution is 5.94. The summed E-state index contributed by atoms with van der Waals surface area (Å²) >= 11 is 0. The number of aromatic nitrogens is 1. The predicted molar refractivity (Wildman–Crippen MR) is 63.5 cm³/mol. The van der Waals surface area contributed by atoms with E-state index < -0.39 is 11.7 Å².